The van der Waals surface area contributed by atoms with Crippen molar-refractivity contribution in [1.29, 1.82) is 0 Å². The highest BCUT2D eigenvalue weighted by Gasteiger charge is 2.30. The number of H-pyrrole nitrogens is 1. The van der Waals surface area contributed by atoms with E-state index in [1.165, 1.54) is 6.07 Å². The zero-order valence-electron chi connectivity index (χ0n) is 14.3. The van der Waals surface area contributed by atoms with E-state index in [4.69, 9.17) is 4.74 Å². The van der Waals surface area contributed by atoms with Gasteiger partial charge in [-0.25, -0.2) is 15.0 Å². The van der Waals surface area contributed by atoms with Crippen molar-refractivity contribution in [3.63, 3.8) is 0 Å². The minimum Gasteiger partial charge on any atom is -0.379 e. The lowest BCUT2D eigenvalue weighted by molar-refractivity contribution is -0.137. The second-order valence-corrected chi connectivity index (χ2v) is 6.21. The van der Waals surface area contributed by atoms with Crippen LogP contribution in [0.25, 0.3) is 11.0 Å². The Kier molecular flexibility index (Phi) is 4.66. The van der Waals surface area contributed by atoms with Crippen molar-refractivity contribution in [1.82, 2.24) is 24.8 Å². The molecular weight excluding hydrogens is 361 g/mol. The number of fused-ring (bicyclic) bond motifs is 1. The Hall–Kier alpha value is -2.72. The van der Waals surface area contributed by atoms with Gasteiger partial charge in [0, 0.05) is 25.4 Å². The second-order valence-electron chi connectivity index (χ2n) is 6.21. The Morgan fingerprint density at radius 2 is 1.89 bits per heavy atom. The third-order valence-corrected chi connectivity index (χ3v) is 4.24. The summed E-state index contributed by atoms with van der Waals surface area (Å²) in [6.07, 6.45) is -1.98. The highest BCUT2D eigenvalue weighted by molar-refractivity contribution is 5.77. The van der Waals surface area contributed by atoms with Gasteiger partial charge in [-0.2, -0.15) is 13.2 Å². The van der Waals surface area contributed by atoms with Crippen LogP contribution in [-0.4, -0.2) is 51.1 Å². The van der Waals surface area contributed by atoms with Gasteiger partial charge in [0.25, 0.3) is 0 Å². The molecule has 0 amide bonds. The van der Waals surface area contributed by atoms with E-state index in [1.807, 2.05) is 0 Å². The highest BCUT2D eigenvalue weighted by atomic mass is 19.4. The number of nitrogens with one attached hydrogen (secondary N) is 2. The van der Waals surface area contributed by atoms with Crippen LogP contribution in [0.1, 0.15) is 11.4 Å². The number of aromatic amines is 1. The maximum absolute atomic E-state index is 12.6. The molecule has 7 nitrogen and oxygen atoms in total. The molecule has 4 rings (SSSR count). The van der Waals surface area contributed by atoms with Crippen molar-refractivity contribution >= 4 is 22.7 Å². The number of hydrogen-bond acceptors (Lipinski definition) is 6. The number of nitrogens with zero attached hydrogens (tertiary/aromatic N) is 4. The first-order chi connectivity index (χ1) is 13.0. The molecule has 1 aliphatic rings. The number of rotatable bonds is 4. The molecule has 2 N–H and O–H groups in total. The fraction of sp³-hybridized carbons (Fsp3) is 0.353. The van der Waals surface area contributed by atoms with Crippen LogP contribution in [0.3, 0.4) is 0 Å². The van der Waals surface area contributed by atoms with Crippen LogP contribution in [-0.2, 0) is 17.5 Å². The van der Waals surface area contributed by atoms with E-state index in [0.717, 1.165) is 55.4 Å². The molecule has 0 spiro atoms. The summed E-state index contributed by atoms with van der Waals surface area (Å²) >= 11 is 0. The lowest BCUT2D eigenvalue weighted by atomic mass is 10.3. The van der Waals surface area contributed by atoms with E-state index in [-0.39, 0.29) is 5.82 Å². The van der Waals surface area contributed by atoms with Gasteiger partial charge in [0.05, 0.1) is 42.6 Å². The lowest BCUT2D eigenvalue weighted by Crippen LogP contribution is -2.35. The molecule has 0 bridgehead atoms. The Morgan fingerprint density at radius 3 is 2.59 bits per heavy atom. The zero-order valence-corrected chi connectivity index (χ0v) is 14.3. The monoisotopic (exact) mass is 378 g/mol. The van der Waals surface area contributed by atoms with Crippen molar-refractivity contribution < 1.29 is 17.9 Å². The molecule has 1 aliphatic heterocycles. The van der Waals surface area contributed by atoms with Crippen molar-refractivity contribution in [2.24, 2.45) is 0 Å². The number of halogens is 3. The molecule has 0 aliphatic carbocycles. The minimum absolute atomic E-state index is 0.277. The fourth-order valence-corrected chi connectivity index (χ4v) is 2.84. The van der Waals surface area contributed by atoms with E-state index in [1.54, 1.807) is 12.3 Å². The standard InChI is InChI=1S/C17H17F3N6O/c18-17(19,20)11-1-2-14(21-8-11)25-15-7-12-13(9-22-15)24-16(23-12)10-26-3-5-27-6-4-26/h1-2,7-9H,3-6,10H2,(H,23,24)(H,21,22,25). The molecule has 1 saturated heterocycles. The molecule has 0 aromatic carbocycles. The zero-order chi connectivity index (χ0) is 18.9. The average Bonchev–Trinajstić information content (AvgIpc) is 3.04. The van der Waals surface area contributed by atoms with Crippen LogP contribution < -0.4 is 5.32 Å². The fourth-order valence-electron chi connectivity index (χ4n) is 2.84. The summed E-state index contributed by atoms with van der Waals surface area (Å²) in [6.45, 7) is 3.86. The molecule has 3 aromatic rings. The molecule has 0 radical (unpaired) electrons. The summed E-state index contributed by atoms with van der Waals surface area (Å²) in [7, 11) is 0. The minimum atomic E-state index is -4.41. The summed E-state index contributed by atoms with van der Waals surface area (Å²) in [5.41, 5.74) is 0.725. The van der Waals surface area contributed by atoms with Crippen molar-refractivity contribution in [3.05, 3.63) is 42.0 Å². The summed E-state index contributed by atoms with van der Waals surface area (Å²) in [5.74, 6) is 1.57. The molecule has 0 atom stereocenters. The Morgan fingerprint density at radius 1 is 1.11 bits per heavy atom. The number of hydrogen-bond donors (Lipinski definition) is 2. The van der Waals surface area contributed by atoms with Crippen LogP contribution in [0.4, 0.5) is 24.8 Å². The number of ether oxygens (including phenoxy) is 1. The summed E-state index contributed by atoms with van der Waals surface area (Å²) in [6, 6.07) is 3.97. The van der Waals surface area contributed by atoms with Gasteiger partial charge < -0.3 is 15.0 Å². The molecule has 0 saturated carbocycles. The van der Waals surface area contributed by atoms with E-state index in [2.05, 4.69) is 30.2 Å². The van der Waals surface area contributed by atoms with Crippen LogP contribution in [0.15, 0.2) is 30.6 Å². The van der Waals surface area contributed by atoms with Gasteiger partial charge in [0.15, 0.2) is 0 Å². The molecule has 10 heteroatoms. The van der Waals surface area contributed by atoms with E-state index < -0.39 is 11.7 Å². The predicted octanol–water partition coefficient (Wildman–Crippen LogP) is 2.95. The molecule has 27 heavy (non-hydrogen) atoms. The third kappa shape index (κ3) is 4.17. The number of alkyl halides is 3. The first-order valence-electron chi connectivity index (χ1n) is 8.42. The molecule has 0 unspecified atom stereocenters. The first kappa shape index (κ1) is 17.7. The van der Waals surface area contributed by atoms with Crippen molar-refractivity contribution in [2.75, 3.05) is 31.6 Å². The van der Waals surface area contributed by atoms with Crippen molar-refractivity contribution in [2.45, 2.75) is 12.7 Å². The normalized spacial score (nSPS) is 16.0. The summed E-state index contributed by atoms with van der Waals surface area (Å²) < 4.78 is 43.1. The second kappa shape index (κ2) is 7.12. The highest BCUT2D eigenvalue weighted by Crippen LogP contribution is 2.29. The average molecular weight is 378 g/mol. The summed E-state index contributed by atoms with van der Waals surface area (Å²) in [4.78, 5) is 18.1. The van der Waals surface area contributed by atoms with Gasteiger partial charge in [-0.05, 0) is 12.1 Å². The number of imidazole rings is 1. The Bertz CT molecular complexity index is 919. The topological polar surface area (TPSA) is 79.0 Å². The Labute approximate surface area is 152 Å². The van der Waals surface area contributed by atoms with E-state index in [0.29, 0.717) is 12.4 Å². The number of anilines is 2. The summed E-state index contributed by atoms with van der Waals surface area (Å²) in [5, 5.41) is 2.89. The maximum Gasteiger partial charge on any atom is 0.417 e. The van der Waals surface area contributed by atoms with E-state index >= 15 is 0 Å². The SMILES string of the molecule is FC(F)(F)c1ccc(Nc2cc3nc(CN4CCOCC4)[nH]c3cn2)nc1. The van der Waals surface area contributed by atoms with E-state index in [9.17, 15) is 13.2 Å². The predicted molar refractivity (Wildman–Crippen MR) is 92.5 cm³/mol. The van der Waals surface area contributed by atoms with Gasteiger partial charge in [0.2, 0.25) is 0 Å². The molecule has 1 fully saturated rings. The van der Waals surface area contributed by atoms with Crippen molar-refractivity contribution in [3.8, 4) is 0 Å². The quantitative estimate of drug-likeness (QED) is 0.727. The van der Waals surface area contributed by atoms with Gasteiger partial charge in [-0.15, -0.1) is 0 Å². The number of aromatic nitrogens is 4. The van der Waals surface area contributed by atoms with Crippen LogP contribution in [0.2, 0.25) is 0 Å². The van der Waals surface area contributed by atoms with Crippen LogP contribution in [0, 0.1) is 0 Å². The molecular formula is C17H17F3N6O. The van der Waals surface area contributed by atoms with Crippen LogP contribution >= 0.6 is 0 Å². The molecule has 4 heterocycles. The lowest BCUT2D eigenvalue weighted by Gasteiger charge is -2.25. The van der Waals surface area contributed by atoms with Gasteiger partial charge in [-0.1, -0.05) is 0 Å². The number of morpholine rings is 1. The molecule has 142 valence electrons. The molecule has 3 aromatic heterocycles. The van der Waals surface area contributed by atoms with Gasteiger partial charge in [-0.3, -0.25) is 4.90 Å². The number of pyridine rings is 2. The largest absolute Gasteiger partial charge is 0.417 e. The Balaban J connectivity index is 1.48. The first-order valence-corrected chi connectivity index (χ1v) is 8.42. The van der Waals surface area contributed by atoms with Gasteiger partial charge in [0.1, 0.15) is 17.5 Å². The van der Waals surface area contributed by atoms with Gasteiger partial charge >= 0.3 is 6.18 Å². The smallest absolute Gasteiger partial charge is 0.379 e. The maximum atomic E-state index is 12.6. The third-order valence-electron chi connectivity index (χ3n) is 4.24. The van der Waals surface area contributed by atoms with Crippen LogP contribution in [0.5, 0.6) is 0 Å².